The lowest BCUT2D eigenvalue weighted by atomic mass is 9.86. The monoisotopic (exact) mass is 219 g/mol. The number of hydrogen-bond acceptors (Lipinski definition) is 2. The van der Waals surface area contributed by atoms with E-state index < -0.39 is 5.60 Å². The summed E-state index contributed by atoms with van der Waals surface area (Å²) < 4.78 is 5.66. The summed E-state index contributed by atoms with van der Waals surface area (Å²) in [7, 11) is 0. The van der Waals surface area contributed by atoms with Crippen LogP contribution >= 0.6 is 0 Å². The maximum atomic E-state index is 11.6. The second-order valence-corrected chi connectivity index (χ2v) is 4.33. The molecule has 1 amide bonds. The van der Waals surface area contributed by atoms with Crippen molar-refractivity contribution in [3.8, 4) is 0 Å². The van der Waals surface area contributed by atoms with E-state index in [0.717, 1.165) is 24.8 Å². The molecule has 1 aromatic rings. The van der Waals surface area contributed by atoms with Crippen LogP contribution < -0.4 is 5.73 Å². The third-order valence-electron chi connectivity index (χ3n) is 3.13. The van der Waals surface area contributed by atoms with E-state index in [1.165, 1.54) is 0 Å². The van der Waals surface area contributed by atoms with Crippen molar-refractivity contribution >= 4 is 5.91 Å². The summed E-state index contributed by atoms with van der Waals surface area (Å²) in [5.74, 6) is -0.337. The van der Waals surface area contributed by atoms with Crippen molar-refractivity contribution in [2.24, 2.45) is 5.73 Å². The number of nitrogens with two attached hydrogens (primary N) is 1. The Morgan fingerprint density at radius 3 is 2.62 bits per heavy atom. The SMILES string of the molecule is NC(=O)C1(Cc2ccccc2)CCCCO1. The third-order valence-corrected chi connectivity index (χ3v) is 3.13. The van der Waals surface area contributed by atoms with Crippen LogP contribution in [0.5, 0.6) is 0 Å². The van der Waals surface area contributed by atoms with Gasteiger partial charge < -0.3 is 10.5 Å². The zero-order valence-corrected chi connectivity index (χ0v) is 9.32. The highest BCUT2D eigenvalue weighted by Crippen LogP contribution is 2.28. The molecule has 3 heteroatoms. The van der Waals surface area contributed by atoms with E-state index in [2.05, 4.69) is 0 Å². The summed E-state index contributed by atoms with van der Waals surface area (Å²) in [5.41, 5.74) is 5.81. The molecule has 3 nitrogen and oxygen atoms in total. The van der Waals surface area contributed by atoms with E-state index >= 15 is 0 Å². The van der Waals surface area contributed by atoms with Gasteiger partial charge in [-0.1, -0.05) is 30.3 Å². The lowest BCUT2D eigenvalue weighted by Crippen LogP contribution is -2.50. The molecule has 1 fully saturated rings. The Morgan fingerprint density at radius 1 is 1.31 bits per heavy atom. The number of carbonyl (C=O) groups is 1. The van der Waals surface area contributed by atoms with Gasteiger partial charge in [0.05, 0.1) is 0 Å². The van der Waals surface area contributed by atoms with Crippen LogP contribution in [-0.2, 0) is 16.0 Å². The molecular formula is C13H17NO2. The van der Waals surface area contributed by atoms with Crippen LogP contribution in [-0.4, -0.2) is 18.1 Å². The van der Waals surface area contributed by atoms with E-state index in [0.29, 0.717) is 13.0 Å². The van der Waals surface area contributed by atoms with Gasteiger partial charge in [-0.2, -0.15) is 0 Å². The largest absolute Gasteiger partial charge is 0.367 e. The first-order chi connectivity index (χ1) is 7.73. The normalized spacial score (nSPS) is 25.2. The average molecular weight is 219 g/mol. The lowest BCUT2D eigenvalue weighted by molar-refractivity contribution is -0.149. The highest BCUT2D eigenvalue weighted by atomic mass is 16.5. The van der Waals surface area contributed by atoms with Gasteiger partial charge in [0.25, 0.3) is 0 Å². The first-order valence-corrected chi connectivity index (χ1v) is 5.71. The fraction of sp³-hybridized carbons (Fsp3) is 0.462. The Bertz CT molecular complexity index is 355. The molecule has 1 heterocycles. The molecule has 0 radical (unpaired) electrons. The Balaban J connectivity index is 2.17. The number of ether oxygens (including phenoxy) is 1. The molecule has 0 aliphatic carbocycles. The predicted molar refractivity (Wildman–Crippen MR) is 61.9 cm³/mol. The molecular weight excluding hydrogens is 202 g/mol. The third kappa shape index (κ3) is 2.25. The molecule has 1 aliphatic rings. The van der Waals surface area contributed by atoms with E-state index in [9.17, 15) is 4.79 Å². The van der Waals surface area contributed by atoms with Crippen molar-refractivity contribution in [2.75, 3.05) is 6.61 Å². The molecule has 1 aromatic carbocycles. The van der Waals surface area contributed by atoms with Crippen molar-refractivity contribution in [1.29, 1.82) is 0 Å². The lowest BCUT2D eigenvalue weighted by Gasteiger charge is -2.34. The number of hydrogen-bond donors (Lipinski definition) is 1. The topological polar surface area (TPSA) is 52.3 Å². The van der Waals surface area contributed by atoms with Crippen LogP contribution in [0.3, 0.4) is 0 Å². The van der Waals surface area contributed by atoms with Crippen LogP contribution in [0.1, 0.15) is 24.8 Å². The molecule has 16 heavy (non-hydrogen) atoms. The van der Waals surface area contributed by atoms with Gasteiger partial charge in [0.15, 0.2) is 0 Å². The zero-order valence-electron chi connectivity index (χ0n) is 9.32. The minimum absolute atomic E-state index is 0.337. The van der Waals surface area contributed by atoms with Gasteiger partial charge in [0, 0.05) is 13.0 Å². The Morgan fingerprint density at radius 2 is 2.06 bits per heavy atom. The van der Waals surface area contributed by atoms with E-state index in [-0.39, 0.29) is 5.91 Å². The molecule has 2 rings (SSSR count). The van der Waals surface area contributed by atoms with Crippen molar-refractivity contribution in [2.45, 2.75) is 31.3 Å². The maximum Gasteiger partial charge on any atom is 0.250 e. The first kappa shape index (κ1) is 11.1. The molecule has 2 N–H and O–H groups in total. The summed E-state index contributed by atoms with van der Waals surface area (Å²) in [6.45, 7) is 0.635. The van der Waals surface area contributed by atoms with Gasteiger partial charge in [-0.25, -0.2) is 0 Å². The number of carbonyl (C=O) groups excluding carboxylic acids is 1. The molecule has 1 atom stereocenters. The number of amides is 1. The Labute approximate surface area is 95.6 Å². The van der Waals surface area contributed by atoms with Gasteiger partial charge in [0.2, 0.25) is 5.91 Å². The molecule has 1 aliphatic heterocycles. The zero-order chi connectivity index (χ0) is 11.4. The summed E-state index contributed by atoms with van der Waals surface area (Å²) >= 11 is 0. The fourth-order valence-electron chi connectivity index (χ4n) is 2.20. The van der Waals surface area contributed by atoms with Gasteiger partial charge in [-0.15, -0.1) is 0 Å². The molecule has 0 saturated carbocycles. The molecule has 0 spiro atoms. The maximum absolute atomic E-state index is 11.6. The van der Waals surface area contributed by atoms with Gasteiger partial charge in [-0.05, 0) is 24.8 Å². The molecule has 0 bridgehead atoms. The molecule has 1 saturated heterocycles. The smallest absolute Gasteiger partial charge is 0.250 e. The van der Waals surface area contributed by atoms with E-state index in [4.69, 9.17) is 10.5 Å². The summed E-state index contributed by atoms with van der Waals surface area (Å²) in [4.78, 5) is 11.6. The fourth-order valence-corrected chi connectivity index (χ4v) is 2.20. The van der Waals surface area contributed by atoms with Crippen LogP contribution in [0.2, 0.25) is 0 Å². The van der Waals surface area contributed by atoms with Gasteiger partial charge in [-0.3, -0.25) is 4.79 Å². The van der Waals surface area contributed by atoms with Crippen molar-refractivity contribution in [3.05, 3.63) is 35.9 Å². The van der Waals surface area contributed by atoms with Crippen molar-refractivity contribution < 1.29 is 9.53 Å². The van der Waals surface area contributed by atoms with Gasteiger partial charge >= 0.3 is 0 Å². The van der Waals surface area contributed by atoms with E-state index in [1.807, 2.05) is 30.3 Å². The average Bonchev–Trinajstić information content (AvgIpc) is 2.31. The van der Waals surface area contributed by atoms with Crippen molar-refractivity contribution in [3.63, 3.8) is 0 Å². The van der Waals surface area contributed by atoms with E-state index in [1.54, 1.807) is 0 Å². The quantitative estimate of drug-likeness (QED) is 0.840. The van der Waals surface area contributed by atoms with Crippen molar-refractivity contribution in [1.82, 2.24) is 0 Å². The number of primary amides is 1. The first-order valence-electron chi connectivity index (χ1n) is 5.71. The van der Waals surface area contributed by atoms with Gasteiger partial charge in [0.1, 0.15) is 5.60 Å². The highest BCUT2D eigenvalue weighted by Gasteiger charge is 2.39. The minimum Gasteiger partial charge on any atom is -0.367 e. The number of benzene rings is 1. The highest BCUT2D eigenvalue weighted by molar-refractivity contribution is 5.84. The molecule has 0 aromatic heterocycles. The number of rotatable bonds is 3. The molecule has 86 valence electrons. The Kier molecular flexibility index (Phi) is 3.25. The predicted octanol–water partition coefficient (Wildman–Crippen LogP) is 1.65. The molecule has 1 unspecified atom stereocenters. The summed E-state index contributed by atoms with van der Waals surface area (Å²) in [6.07, 6.45) is 3.35. The standard InChI is InChI=1S/C13H17NO2/c14-12(15)13(8-4-5-9-16-13)10-11-6-2-1-3-7-11/h1-3,6-7H,4-5,8-10H2,(H2,14,15). The minimum atomic E-state index is -0.778. The van der Waals surface area contributed by atoms with Crippen LogP contribution in [0.15, 0.2) is 30.3 Å². The second kappa shape index (κ2) is 4.66. The second-order valence-electron chi connectivity index (χ2n) is 4.33. The van der Waals surface area contributed by atoms with Crippen LogP contribution in [0.4, 0.5) is 0 Å². The summed E-state index contributed by atoms with van der Waals surface area (Å²) in [5, 5.41) is 0. The summed E-state index contributed by atoms with van der Waals surface area (Å²) in [6, 6.07) is 9.90. The Hall–Kier alpha value is -1.35. The van der Waals surface area contributed by atoms with Crippen LogP contribution in [0.25, 0.3) is 0 Å². The van der Waals surface area contributed by atoms with Crippen LogP contribution in [0, 0.1) is 0 Å².